The summed E-state index contributed by atoms with van der Waals surface area (Å²) in [5.41, 5.74) is 1.93. The fourth-order valence-corrected chi connectivity index (χ4v) is 6.88. The number of fused-ring (bicyclic) bond motifs is 3. The molecule has 3 aliphatic rings. The molecule has 35 heavy (non-hydrogen) atoms. The summed E-state index contributed by atoms with van der Waals surface area (Å²) in [4.78, 5) is 27.2. The summed E-state index contributed by atoms with van der Waals surface area (Å²) in [7, 11) is 0. The quantitative estimate of drug-likeness (QED) is 0.508. The molecule has 5 rings (SSSR count). The minimum Gasteiger partial charge on any atom is -0.490 e. The van der Waals surface area contributed by atoms with Crippen LogP contribution in [0.5, 0.6) is 5.75 Å². The van der Waals surface area contributed by atoms with E-state index in [1.807, 2.05) is 17.0 Å². The van der Waals surface area contributed by atoms with Gasteiger partial charge >= 0.3 is 5.97 Å². The van der Waals surface area contributed by atoms with E-state index in [4.69, 9.17) is 4.74 Å². The molecule has 2 unspecified atom stereocenters. The maximum Gasteiger partial charge on any atom is 0.306 e. The van der Waals surface area contributed by atoms with E-state index in [1.54, 1.807) is 0 Å². The van der Waals surface area contributed by atoms with Gasteiger partial charge in [0.15, 0.2) is 0 Å². The normalized spacial score (nSPS) is 28.6. The number of benzene rings is 2. The number of amides is 1. The topological polar surface area (TPSA) is 66.8 Å². The zero-order valence-electron chi connectivity index (χ0n) is 21.2. The molecule has 1 aliphatic carbocycles. The maximum absolute atomic E-state index is 13.6. The molecule has 2 aromatic rings. The number of carboxylic acid groups (broad SMARTS) is 1. The van der Waals surface area contributed by atoms with Crippen molar-refractivity contribution in [3.05, 3.63) is 41.5 Å². The highest BCUT2D eigenvalue weighted by atomic mass is 16.5. The molecule has 2 bridgehead atoms. The number of aryl methyl sites for hydroxylation is 1. The van der Waals surface area contributed by atoms with Crippen molar-refractivity contribution in [2.24, 2.45) is 11.8 Å². The summed E-state index contributed by atoms with van der Waals surface area (Å²) in [6.45, 7) is 4.45. The minimum absolute atomic E-state index is 0.0385. The van der Waals surface area contributed by atoms with Gasteiger partial charge in [0.25, 0.3) is 5.91 Å². The first-order chi connectivity index (χ1) is 17.0. The molecular weight excluding hydrogens is 438 g/mol. The van der Waals surface area contributed by atoms with Gasteiger partial charge in [-0.15, -0.1) is 0 Å². The summed E-state index contributed by atoms with van der Waals surface area (Å²) in [6, 6.07) is 10.3. The van der Waals surface area contributed by atoms with E-state index >= 15 is 0 Å². The summed E-state index contributed by atoms with van der Waals surface area (Å²) >= 11 is 0. The predicted octanol–water partition coefficient (Wildman–Crippen LogP) is 6.61. The van der Waals surface area contributed by atoms with Crippen LogP contribution < -0.4 is 4.74 Å². The number of carboxylic acids is 1. The molecule has 0 radical (unpaired) electrons. The first-order valence-electron chi connectivity index (χ1n) is 13.8. The van der Waals surface area contributed by atoms with E-state index in [9.17, 15) is 14.7 Å². The first-order valence-corrected chi connectivity index (χ1v) is 13.8. The molecular formula is C30H39NO4. The molecule has 1 amide bonds. The van der Waals surface area contributed by atoms with Crippen molar-refractivity contribution < 1.29 is 19.4 Å². The lowest BCUT2D eigenvalue weighted by atomic mass is 9.78. The van der Waals surface area contributed by atoms with Crippen molar-refractivity contribution in [3.63, 3.8) is 0 Å². The van der Waals surface area contributed by atoms with Gasteiger partial charge in [-0.1, -0.05) is 32.4 Å². The Kier molecular flexibility index (Phi) is 7.04. The van der Waals surface area contributed by atoms with Gasteiger partial charge in [0.1, 0.15) is 5.75 Å². The average Bonchev–Trinajstić information content (AvgIpc) is 2.87. The highest BCUT2D eigenvalue weighted by Gasteiger charge is 2.43. The van der Waals surface area contributed by atoms with Crippen molar-refractivity contribution in [2.75, 3.05) is 0 Å². The number of piperidine rings is 2. The van der Waals surface area contributed by atoms with Crippen LogP contribution in [0.25, 0.3) is 10.8 Å². The molecule has 2 aromatic carbocycles. The fraction of sp³-hybridized carbons (Fsp3) is 0.600. The van der Waals surface area contributed by atoms with Crippen molar-refractivity contribution in [1.29, 1.82) is 0 Å². The van der Waals surface area contributed by atoms with E-state index in [0.717, 1.165) is 61.0 Å². The first kappa shape index (κ1) is 24.1. The lowest BCUT2D eigenvalue weighted by Gasteiger charge is -2.48. The number of rotatable bonds is 6. The number of carbonyl (C=O) groups excluding carboxylic acids is 1. The van der Waals surface area contributed by atoms with Crippen molar-refractivity contribution in [3.8, 4) is 5.75 Å². The Labute approximate surface area is 208 Å². The lowest BCUT2D eigenvalue weighted by molar-refractivity contribution is -0.145. The maximum atomic E-state index is 13.6. The summed E-state index contributed by atoms with van der Waals surface area (Å²) in [5, 5.41) is 11.8. The molecule has 5 heteroatoms. The van der Waals surface area contributed by atoms with Gasteiger partial charge in [-0.3, -0.25) is 9.59 Å². The van der Waals surface area contributed by atoms with Gasteiger partial charge in [0, 0.05) is 23.2 Å². The molecule has 5 nitrogen and oxygen atoms in total. The number of hydrogen-bond acceptors (Lipinski definition) is 3. The zero-order chi connectivity index (χ0) is 24.5. The Bertz CT molecular complexity index is 1070. The van der Waals surface area contributed by atoms with Crippen LogP contribution in [0, 0.1) is 11.8 Å². The molecule has 1 N–H and O–H groups in total. The second-order valence-corrected chi connectivity index (χ2v) is 11.0. The number of hydrogen-bond donors (Lipinski definition) is 1. The number of ether oxygens (including phenoxy) is 1. The van der Waals surface area contributed by atoms with Crippen molar-refractivity contribution in [2.45, 2.75) is 103 Å². The third kappa shape index (κ3) is 4.79. The lowest BCUT2D eigenvalue weighted by Crippen LogP contribution is -2.55. The molecule has 3 fully saturated rings. The third-order valence-electron chi connectivity index (χ3n) is 8.91. The van der Waals surface area contributed by atoms with E-state index in [2.05, 4.69) is 32.0 Å². The second-order valence-electron chi connectivity index (χ2n) is 11.0. The van der Waals surface area contributed by atoms with Gasteiger partial charge in [-0.05, 0) is 99.1 Å². The van der Waals surface area contributed by atoms with Crippen LogP contribution in [0.1, 0.15) is 94.0 Å². The highest BCUT2D eigenvalue weighted by Crippen LogP contribution is 2.39. The molecule has 188 valence electrons. The van der Waals surface area contributed by atoms with E-state index in [1.165, 1.54) is 24.8 Å². The van der Waals surface area contributed by atoms with Crippen LogP contribution >= 0.6 is 0 Å². The van der Waals surface area contributed by atoms with Gasteiger partial charge in [-0.25, -0.2) is 0 Å². The van der Waals surface area contributed by atoms with Gasteiger partial charge in [0.2, 0.25) is 0 Å². The number of aliphatic carboxylic acids is 1. The largest absolute Gasteiger partial charge is 0.490 e. The Balaban J connectivity index is 1.36. The van der Waals surface area contributed by atoms with Crippen LogP contribution in [0.3, 0.4) is 0 Å². The Morgan fingerprint density at radius 2 is 1.69 bits per heavy atom. The molecule has 2 atom stereocenters. The standard InChI is InChI=1S/C30H39NO4/c1-3-19-8-12-25(13-9-19)35-28-15-11-20-16-21(10-14-27(20)26(28)4-2)29(32)31-23-6-5-7-24(31)18-22(17-23)30(33)34/h10-11,14-16,19,22-25H,3-9,12-13,17-18H2,1-2H3,(H,33,34)/t19-,22?,23?,24?,25+. The monoisotopic (exact) mass is 477 g/mol. The fourth-order valence-electron chi connectivity index (χ4n) is 6.88. The molecule has 1 saturated carbocycles. The van der Waals surface area contributed by atoms with Crippen LogP contribution in [-0.4, -0.2) is 40.1 Å². The molecule has 0 spiro atoms. The van der Waals surface area contributed by atoms with Crippen molar-refractivity contribution in [1.82, 2.24) is 4.90 Å². The van der Waals surface area contributed by atoms with Crippen LogP contribution in [0.2, 0.25) is 0 Å². The average molecular weight is 478 g/mol. The van der Waals surface area contributed by atoms with E-state index in [0.29, 0.717) is 24.5 Å². The van der Waals surface area contributed by atoms with E-state index < -0.39 is 5.97 Å². The summed E-state index contributed by atoms with van der Waals surface area (Å²) in [6.07, 6.45) is 11.3. The number of nitrogens with zero attached hydrogens (tertiary/aromatic N) is 1. The van der Waals surface area contributed by atoms with Crippen LogP contribution in [0.4, 0.5) is 0 Å². The number of carbonyl (C=O) groups is 2. The molecule has 2 aliphatic heterocycles. The summed E-state index contributed by atoms with van der Waals surface area (Å²) in [5.74, 6) is 0.847. The van der Waals surface area contributed by atoms with Crippen molar-refractivity contribution >= 4 is 22.6 Å². The molecule has 0 aromatic heterocycles. The van der Waals surface area contributed by atoms with Crippen LogP contribution in [0.15, 0.2) is 30.3 Å². The third-order valence-corrected chi connectivity index (χ3v) is 8.91. The molecule has 2 saturated heterocycles. The zero-order valence-corrected chi connectivity index (χ0v) is 21.2. The van der Waals surface area contributed by atoms with E-state index in [-0.39, 0.29) is 23.9 Å². The minimum atomic E-state index is -0.719. The van der Waals surface area contributed by atoms with Crippen LogP contribution in [-0.2, 0) is 11.2 Å². The Morgan fingerprint density at radius 3 is 2.31 bits per heavy atom. The Hall–Kier alpha value is -2.56. The van der Waals surface area contributed by atoms with Gasteiger partial charge < -0.3 is 14.7 Å². The second kappa shape index (κ2) is 10.2. The predicted molar refractivity (Wildman–Crippen MR) is 138 cm³/mol. The van der Waals surface area contributed by atoms with Gasteiger partial charge in [-0.2, -0.15) is 0 Å². The Morgan fingerprint density at radius 1 is 0.971 bits per heavy atom. The SMILES string of the molecule is CCc1c(O[C@H]2CC[C@@H](CC)CC2)ccc2cc(C(=O)N3C4CCCC3CC(C(=O)O)C4)ccc12. The molecule has 2 heterocycles. The smallest absolute Gasteiger partial charge is 0.306 e. The highest BCUT2D eigenvalue weighted by molar-refractivity contribution is 6.00. The van der Waals surface area contributed by atoms with Gasteiger partial charge in [0.05, 0.1) is 12.0 Å². The summed E-state index contributed by atoms with van der Waals surface area (Å²) < 4.78 is 6.51.